The molecule has 1 unspecified atom stereocenters. The van der Waals surface area contributed by atoms with Gasteiger partial charge in [0.1, 0.15) is 0 Å². The van der Waals surface area contributed by atoms with Crippen molar-refractivity contribution in [2.24, 2.45) is 0 Å². The molecule has 1 atom stereocenters. The first-order chi connectivity index (χ1) is 7.85. The van der Waals surface area contributed by atoms with Gasteiger partial charge in [0.05, 0.1) is 5.60 Å². The summed E-state index contributed by atoms with van der Waals surface area (Å²) in [6, 6.07) is 0. The van der Waals surface area contributed by atoms with E-state index in [1.165, 1.54) is 32.1 Å². The van der Waals surface area contributed by atoms with E-state index in [0.29, 0.717) is 0 Å². The van der Waals surface area contributed by atoms with Crippen molar-refractivity contribution in [3.63, 3.8) is 0 Å². The van der Waals surface area contributed by atoms with Gasteiger partial charge in [-0.15, -0.1) is 12.3 Å². The highest BCUT2D eigenvalue weighted by atomic mass is 16.7. The maximum Gasteiger partial charge on any atom is 0.158 e. The molecule has 1 aliphatic heterocycles. The second-order valence-electron chi connectivity index (χ2n) is 5.04. The number of ether oxygens (including phenoxy) is 2. The average molecular weight is 222 g/mol. The third kappa shape index (κ3) is 2.99. The summed E-state index contributed by atoms with van der Waals surface area (Å²) >= 11 is 0. The number of hydrogen-bond acceptors (Lipinski definition) is 2. The van der Waals surface area contributed by atoms with E-state index in [4.69, 9.17) is 15.9 Å². The predicted octanol–water partition coefficient (Wildman–Crippen LogP) is 3.26. The molecular weight excluding hydrogens is 200 g/mol. The molecule has 1 saturated carbocycles. The quantitative estimate of drug-likeness (QED) is 0.682. The van der Waals surface area contributed by atoms with Crippen LogP contribution in [-0.2, 0) is 9.47 Å². The van der Waals surface area contributed by atoms with Crippen molar-refractivity contribution in [3.05, 3.63) is 0 Å². The molecule has 2 heteroatoms. The van der Waals surface area contributed by atoms with E-state index < -0.39 is 0 Å². The van der Waals surface area contributed by atoms with E-state index in [0.717, 1.165) is 32.3 Å². The van der Waals surface area contributed by atoms with E-state index in [2.05, 4.69) is 5.92 Å². The maximum absolute atomic E-state index is 6.20. The molecule has 1 heterocycles. The highest BCUT2D eigenvalue weighted by molar-refractivity contribution is 4.98. The van der Waals surface area contributed by atoms with Crippen molar-refractivity contribution in [1.29, 1.82) is 0 Å². The standard InChI is InChI=1S/C14H22O2/c1-2-9-14(10-5-3-6-11-14)16-13-8-4-7-12-15-13/h1,13H,3-12H2. The van der Waals surface area contributed by atoms with Crippen LogP contribution < -0.4 is 0 Å². The summed E-state index contributed by atoms with van der Waals surface area (Å²) in [6.07, 6.45) is 15.7. The average Bonchev–Trinajstić information content (AvgIpc) is 2.31. The van der Waals surface area contributed by atoms with Crippen molar-refractivity contribution < 1.29 is 9.47 Å². The summed E-state index contributed by atoms with van der Waals surface area (Å²) in [4.78, 5) is 0. The topological polar surface area (TPSA) is 18.5 Å². The van der Waals surface area contributed by atoms with Crippen molar-refractivity contribution >= 4 is 0 Å². The molecule has 0 aromatic rings. The van der Waals surface area contributed by atoms with E-state index in [-0.39, 0.29) is 11.9 Å². The van der Waals surface area contributed by atoms with Gasteiger partial charge in [-0.05, 0) is 32.1 Å². The molecule has 0 radical (unpaired) electrons. The molecule has 0 aromatic heterocycles. The van der Waals surface area contributed by atoms with Crippen molar-refractivity contribution in [1.82, 2.24) is 0 Å². The Bertz CT molecular complexity index is 242. The fraction of sp³-hybridized carbons (Fsp3) is 0.857. The van der Waals surface area contributed by atoms with Crippen LogP contribution in [0.25, 0.3) is 0 Å². The van der Waals surface area contributed by atoms with E-state index >= 15 is 0 Å². The van der Waals surface area contributed by atoms with Gasteiger partial charge in [-0.25, -0.2) is 0 Å². The van der Waals surface area contributed by atoms with Gasteiger partial charge in [0.2, 0.25) is 0 Å². The molecule has 2 fully saturated rings. The fourth-order valence-electron chi connectivity index (χ4n) is 2.80. The normalized spacial score (nSPS) is 29.6. The number of terminal acetylenes is 1. The first-order valence-electron chi connectivity index (χ1n) is 6.58. The summed E-state index contributed by atoms with van der Waals surface area (Å²) in [6.45, 7) is 0.844. The van der Waals surface area contributed by atoms with Crippen LogP contribution in [0.3, 0.4) is 0 Å². The summed E-state index contributed by atoms with van der Waals surface area (Å²) in [5, 5.41) is 0. The molecule has 0 N–H and O–H groups in total. The van der Waals surface area contributed by atoms with Crippen LogP contribution in [0, 0.1) is 12.3 Å². The van der Waals surface area contributed by atoms with Gasteiger partial charge in [0.25, 0.3) is 0 Å². The predicted molar refractivity (Wildman–Crippen MR) is 63.9 cm³/mol. The molecule has 0 spiro atoms. The van der Waals surface area contributed by atoms with Gasteiger partial charge in [0.15, 0.2) is 6.29 Å². The molecule has 0 aromatic carbocycles. The SMILES string of the molecule is C#CCC1(OC2CCCCO2)CCCCC1. The Balaban J connectivity index is 1.92. The Labute approximate surface area is 98.7 Å². The maximum atomic E-state index is 6.20. The van der Waals surface area contributed by atoms with Crippen LogP contribution in [0.5, 0.6) is 0 Å². The Morgan fingerprint density at radius 3 is 2.62 bits per heavy atom. The molecule has 1 saturated heterocycles. The lowest BCUT2D eigenvalue weighted by Gasteiger charge is -2.39. The zero-order valence-corrected chi connectivity index (χ0v) is 10.0. The second-order valence-corrected chi connectivity index (χ2v) is 5.04. The van der Waals surface area contributed by atoms with E-state index in [9.17, 15) is 0 Å². The Hall–Kier alpha value is -0.520. The van der Waals surface area contributed by atoms with Crippen LogP contribution in [0.15, 0.2) is 0 Å². The highest BCUT2D eigenvalue weighted by Crippen LogP contribution is 2.36. The molecular formula is C14H22O2. The lowest BCUT2D eigenvalue weighted by molar-refractivity contribution is -0.231. The van der Waals surface area contributed by atoms with Gasteiger partial charge in [-0.1, -0.05) is 19.3 Å². The van der Waals surface area contributed by atoms with E-state index in [1.807, 2.05) is 0 Å². The summed E-state index contributed by atoms with van der Waals surface area (Å²) in [7, 11) is 0. The van der Waals surface area contributed by atoms with Crippen molar-refractivity contribution in [2.45, 2.75) is 69.7 Å². The van der Waals surface area contributed by atoms with Crippen LogP contribution in [-0.4, -0.2) is 18.5 Å². The molecule has 2 nitrogen and oxygen atoms in total. The van der Waals surface area contributed by atoms with Gasteiger partial charge in [-0.3, -0.25) is 0 Å². The molecule has 90 valence electrons. The minimum atomic E-state index is -0.0744. The molecule has 2 rings (SSSR count). The molecule has 0 amide bonds. The van der Waals surface area contributed by atoms with Crippen LogP contribution in [0.4, 0.5) is 0 Å². The van der Waals surface area contributed by atoms with Gasteiger partial charge in [0, 0.05) is 13.0 Å². The Morgan fingerprint density at radius 2 is 2.00 bits per heavy atom. The second kappa shape index (κ2) is 5.70. The third-order valence-corrected chi connectivity index (χ3v) is 3.71. The Morgan fingerprint density at radius 1 is 1.19 bits per heavy atom. The van der Waals surface area contributed by atoms with Crippen LogP contribution in [0.1, 0.15) is 57.8 Å². The molecule has 2 aliphatic rings. The van der Waals surface area contributed by atoms with E-state index in [1.54, 1.807) is 0 Å². The minimum Gasteiger partial charge on any atom is -0.353 e. The van der Waals surface area contributed by atoms with Gasteiger partial charge < -0.3 is 9.47 Å². The fourth-order valence-corrected chi connectivity index (χ4v) is 2.80. The van der Waals surface area contributed by atoms with Gasteiger partial charge in [-0.2, -0.15) is 0 Å². The molecule has 1 aliphatic carbocycles. The summed E-state index contributed by atoms with van der Waals surface area (Å²) in [5.74, 6) is 2.79. The summed E-state index contributed by atoms with van der Waals surface area (Å²) < 4.78 is 11.9. The monoisotopic (exact) mass is 222 g/mol. The van der Waals surface area contributed by atoms with Crippen LogP contribution in [0.2, 0.25) is 0 Å². The smallest absolute Gasteiger partial charge is 0.158 e. The zero-order chi connectivity index (χ0) is 11.3. The lowest BCUT2D eigenvalue weighted by Crippen LogP contribution is -2.40. The lowest BCUT2D eigenvalue weighted by atomic mass is 9.82. The van der Waals surface area contributed by atoms with Crippen molar-refractivity contribution in [2.75, 3.05) is 6.61 Å². The van der Waals surface area contributed by atoms with Crippen LogP contribution >= 0.6 is 0 Å². The molecule has 16 heavy (non-hydrogen) atoms. The Kier molecular flexibility index (Phi) is 4.26. The molecule has 0 bridgehead atoms. The first kappa shape index (κ1) is 12.0. The van der Waals surface area contributed by atoms with Crippen molar-refractivity contribution in [3.8, 4) is 12.3 Å². The number of hydrogen-bond donors (Lipinski definition) is 0. The third-order valence-electron chi connectivity index (χ3n) is 3.71. The number of rotatable bonds is 3. The zero-order valence-electron chi connectivity index (χ0n) is 10.0. The largest absolute Gasteiger partial charge is 0.353 e. The first-order valence-corrected chi connectivity index (χ1v) is 6.58. The highest BCUT2D eigenvalue weighted by Gasteiger charge is 2.35. The van der Waals surface area contributed by atoms with Gasteiger partial charge >= 0.3 is 0 Å². The summed E-state index contributed by atoms with van der Waals surface area (Å²) in [5.41, 5.74) is -0.0744. The minimum absolute atomic E-state index is 0.000185.